The van der Waals surface area contributed by atoms with E-state index >= 15 is 0 Å². The molecule has 0 bridgehead atoms. The molecule has 0 amide bonds. The van der Waals surface area contributed by atoms with Crippen LogP contribution in [0.25, 0.3) is 60.9 Å². The van der Waals surface area contributed by atoms with Crippen molar-refractivity contribution in [3.8, 4) is 33.4 Å². The Morgan fingerprint density at radius 1 is 0.509 bits per heavy atom. The standard InChI is InChI=1S/C50H36BrNO/c1-50(2)45-22-9-7-19-40(45)41-27-25-34(30-46(41)50)52(35-26-28-44-43-20-8-10-24-48(43)53-49(44)31-35)33-14-11-13-32(29-33)36-15-3-4-16-37(36)38-17-5-6-18-39(38)42-21-12-23-47(42)51/h3-31,47H,1-2H3. The molecule has 1 aromatic heterocycles. The van der Waals surface area contributed by atoms with Gasteiger partial charge in [-0.15, -0.1) is 0 Å². The molecule has 7 aromatic carbocycles. The molecule has 0 spiro atoms. The van der Waals surface area contributed by atoms with Crippen LogP contribution < -0.4 is 4.90 Å². The third-order valence-corrected chi connectivity index (χ3v) is 12.0. The van der Waals surface area contributed by atoms with Gasteiger partial charge in [-0.3, -0.25) is 0 Å². The number of benzene rings is 7. The van der Waals surface area contributed by atoms with Crippen molar-refractivity contribution in [2.45, 2.75) is 24.1 Å². The Bertz CT molecular complexity index is 2800. The zero-order valence-corrected chi connectivity index (χ0v) is 31.1. The van der Waals surface area contributed by atoms with Gasteiger partial charge in [0.1, 0.15) is 11.2 Å². The highest BCUT2D eigenvalue weighted by Crippen LogP contribution is 2.51. The molecule has 8 aromatic rings. The van der Waals surface area contributed by atoms with Crippen LogP contribution >= 0.6 is 15.9 Å². The fourth-order valence-corrected chi connectivity index (χ4v) is 9.15. The summed E-state index contributed by atoms with van der Waals surface area (Å²) in [5.74, 6) is 0. The maximum atomic E-state index is 6.44. The molecular weight excluding hydrogens is 710 g/mol. The Morgan fingerprint density at radius 3 is 1.94 bits per heavy atom. The van der Waals surface area contributed by atoms with Gasteiger partial charge in [0.25, 0.3) is 0 Å². The van der Waals surface area contributed by atoms with Crippen LogP contribution in [0, 0.1) is 0 Å². The molecule has 1 heterocycles. The predicted molar refractivity (Wildman–Crippen MR) is 227 cm³/mol. The van der Waals surface area contributed by atoms with Gasteiger partial charge in [-0.25, -0.2) is 0 Å². The largest absolute Gasteiger partial charge is 0.456 e. The number of hydrogen-bond acceptors (Lipinski definition) is 2. The number of anilines is 3. The summed E-state index contributed by atoms with van der Waals surface area (Å²) in [6, 6.07) is 57.3. The maximum Gasteiger partial charge on any atom is 0.137 e. The minimum atomic E-state index is -0.122. The third-order valence-electron chi connectivity index (χ3n) is 11.2. The number of rotatable bonds is 6. The zero-order valence-electron chi connectivity index (χ0n) is 29.6. The van der Waals surface area contributed by atoms with Crippen LogP contribution in [0.1, 0.15) is 30.5 Å². The molecule has 0 saturated heterocycles. The molecule has 254 valence electrons. The van der Waals surface area contributed by atoms with Crippen LogP contribution in [-0.2, 0) is 5.41 Å². The lowest BCUT2D eigenvalue weighted by Crippen LogP contribution is -2.16. The van der Waals surface area contributed by atoms with Crippen LogP contribution in [-0.4, -0.2) is 4.83 Å². The Balaban J connectivity index is 1.15. The second-order valence-electron chi connectivity index (χ2n) is 14.6. The summed E-state index contributed by atoms with van der Waals surface area (Å²) in [5.41, 5.74) is 17.5. The first kappa shape index (κ1) is 31.8. The highest BCUT2D eigenvalue weighted by Gasteiger charge is 2.35. The van der Waals surface area contributed by atoms with Crippen LogP contribution in [0.15, 0.2) is 180 Å². The van der Waals surface area contributed by atoms with E-state index in [0.717, 1.165) is 44.6 Å². The van der Waals surface area contributed by atoms with Crippen molar-refractivity contribution in [1.82, 2.24) is 0 Å². The van der Waals surface area contributed by atoms with Crippen molar-refractivity contribution in [1.29, 1.82) is 0 Å². The van der Waals surface area contributed by atoms with Crippen molar-refractivity contribution in [2.75, 3.05) is 4.90 Å². The Kier molecular flexibility index (Phi) is 7.42. The van der Waals surface area contributed by atoms with Gasteiger partial charge < -0.3 is 9.32 Å². The number of fused-ring (bicyclic) bond motifs is 6. The van der Waals surface area contributed by atoms with E-state index in [9.17, 15) is 0 Å². The molecule has 2 aliphatic rings. The number of furan rings is 1. The fraction of sp³-hybridized carbons (Fsp3) is 0.0800. The van der Waals surface area contributed by atoms with Crippen molar-refractivity contribution >= 4 is 60.5 Å². The monoisotopic (exact) mass is 745 g/mol. The van der Waals surface area contributed by atoms with Crippen LogP contribution in [0.2, 0.25) is 0 Å². The molecule has 53 heavy (non-hydrogen) atoms. The van der Waals surface area contributed by atoms with Gasteiger partial charge in [0, 0.05) is 39.3 Å². The molecule has 1 atom stereocenters. The molecule has 2 nitrogen and oxygen atoms in total. The van der Waals surface area contributed by atoms with E-state index in [-0.39, 0.29) is 10.2 Å². The molecule has 0 radical (unpaired) electrons. The normalized spacial score (nSPS) is 15.5. The fourth-order valence-electron chi connectivity index (χ4n) is 8.57. The van der Waals surface area contributed by atoms with Gasteiger partial charge in [-0.1, -0.05) is 157 Å². The van der Waals surface area contributed by atoms with E-state index in [1.807, 2.05) is 12.1 Å². The molecular formula is C50H36BrNO. The number of allylic oxidation sites excluding steroid dienone is 4. The van der Waals surface area contributed by atoms with E-state index in [2.05, 4.69) is 198 Å². The molecule has 0 N–H and O–H groups in total. The summed E-state index contributed by atoms with van der Waals surface area (Å²) in [4.78, 5) is 2.58. The van der Waals surface area contributed by atoms with E-state index in [0.29, 0.717) is 0 Å². The minimum Gasteiger partial charge on any atom is -0.456 e. The average Bonchev–Trinajstić information content (AvgIpc) is 3.86. The van der Waals surface area contributed by atoms with Gasteiger partial charge in [-0.2, -0.15) is 0 Å². The highest BCUT2D eigenvalue weighted by molar-refractivity contribution is 9.10. The third kappa shape index (κ3) is 5.14. The SMILES string of the molecule is CC1(C)c2ccccc2-c2ccc(N(c3cccc(-c4ccccc4-c4ccccc4C4=CC=CC4Br)c3)c3ccc4c(c3)oc3ccccc34)cc21. The second-order valence-corrected chi connectivity index (χ2v) is 15.6. The van der Waals surface area contributed by atoms with Gasteiger partial charge >= 0.3 is 0 Å². The first-order chi connectivity index (χ1) is 26.0. The smallest absolute Gasteiger partial charge is 0.137 e. The van der Waals surface area contributed by atoms with Crippen LogP contribution in [0.4, 0.5) is 17.1 Å². The molecule has 0 saturated carbocycles. The topological polar surface area (TPSA) is 16.4 Å². The van der Waals surface area contributed by atoms with Gasteiger partial charge in [-0.05, 0) is 98.1 Å². The van der Waals surface area contributed by atoms with Gasteiger partial charge in [0.05, 0.1) is 4.83 Å². The summed E-state index contributed by atoms with van der Waals surface area (Å²) >= 11 is 3.87. The first-order valence-electron chi connectivity index (χ1n) is 18.2. The highest BCUT2D eigenvalue weighted by atomic mass is 79.9. The van der Waals surface area contributed by atoms with E-state index < -0.39 is 0 Å². The van der Waals surface area contributed by atoms with E-state index in [4.69, 9.17) is 4.42 Å². The number of para-hydroxylation sites is 1. The number of hydrogen-bond donors (Lipinski definition) is 0. The second kappa shape index (κ2) is 12.4. The molecule has 0 aliphatic heterocycles. The summed E-state index contributed by atoms with van der Waals surface area (Å²) in [5, 5.41) is 2.25. The van der Waals surface area contributed by atoms with Gasteiger partial charge in [0.2, 0.25) is 0 Å². The molecule has 3 heteroatoms. The summed E-state index contributed by atoms with van der Waals surface area (Å²) in [7, 11) is 0. The van der Waals surface area contributed by atoms with Crippen LogP contribution in [0.3, 0.4) is 0 Å². The molecule has 10 rings (SSSR count). The predicted octanol–water partition coefficient (Wildman–Crippen LogP) is 14.4. The Hall–Kier alpha value is -5.90. The first-order valence-corrected chi connectivity index (χ1v) is 19.1. The molecule has 0 fully saturated rings. The van der Waals surface area contributed by atoms with Crippen molar-refractivity contribution < 1.29 is 4.42 Å². The number of nitrogens with zero attached hydrogens (tertiary/aromatic N) is 1. The summed E-state index contributed by atoms with van der Waals surface area (Å²) < 4.78 is 6.44. The lowest BCUT2D eigenvalue weighted by molar-refractivity contribution is 0.660. The lowest BCUT2D eigenvalue weighted by atomic mass is 9.82. The molecule has 1 unspecified atom stereocenters. The molecule has 2 aliphatic carbocycles. The Labute approximate surface area is 318 Å². The summed E-state index contributed by atoms with van der Waals surface area (Å²) in [6.45, 7) is 4.69. The number of halogens is 1. The van der Waals surface area contributed by atoms with E-state index in [1.165, 1.54) is 50.1 Å². The van der Waals surface area contributed by atoms with Gasteiger partial charge in [0.15, 0.2) is 0 Å². The number of alkyl halides is 1. The zero-order chi connectivity index (χ0) is 35.7. The van der Waals surface area contributed by atoms with E-state index in [1.54, 1.807) is 0 Å². The summed E-state index contributed by atoms with van der Waals surface area (Å²) in [6.07, 6.45) is 6.54. The maximum absolute atomic E-state index is 6.44. The van der Waals surface area contributed by atoms with Crippen molar-refractivity contribution in [3.05, 3.63) is 193 Å². The van der Waals surface area contributed by atoms with Crippen LogP contribution in [0.5, 0.6) is 0 Å². The lowest BCUT2D eigenvalue weighted by Gasteiger charge is -2.28. The van der Waals surface area contributed by atoms with Crippen molar-refractivity contribution in [3.63, 3.8) is 0 Å². The van der Waals surface area contributed by atoms with Crippen molar-refractivity contribution in [2.24, 2.45) is 0 Å². The quantitative estimate of drug-likeness (QED) is 0.158. The Morgan fingerprint density at radius 2 is 1.13 bits per heavy atom. The minimum absolute atomic E-state index is 0.122. The average molecular weight is 747 g/mol.